The summed E-state index contributed by atoms with van der Waals surface area (Å²) in [6.45, 7) is 7.48. The van der Waals surface area contributed by atoms with Crippen LogP contribution in [-0.4, -0.2) is 28.8 Å². The summed E-state index contributed by atoms with van der Waals surface area (Å²) >= 11 is 6.79. The van der Waals surface area contributed by atoms with E-state index in [0.29, 0.717) is 21.7 Å². The number of nitrogens with one attached hydrogen (secondary N) is 1. The fourth-order valence-electron chi connectivity index (χ4n) is 4.28. The number of hydrogen-bond acceptors (Lipinski definition) is 4. The molecule has 1 N–H and O–H groups in total. The van der Waals surface area contributed by atoms with Crippen molar-refractivity contribution in [2.24, 2.45) is 7.05 Å². The van der Waals surface area contributed by atoms with Crippen molar-refractivity contribution < 1.29 is 19.1 Å². The normalized spacial score (nSPS) is 11.6. The van der Waals surface area contributed by atoms with Crippen molar-refractivity contribution >= 4 is 45.3 Å². The number of halogens is 1. The predicted octanol–water partition coefficient (Wildman–Crippen LogP) is 6.85. The summed E-state index contributed by atoms with van der Waals surface area (Å²) in [4.78, 5) is 25.4. The number of benzene rings is 3. The topological polar surface area (TPSA) is 69.6 Å². The highest BCUT2D eigenvalue weighted by atomic mass is 35.5. The van der Waals surface area contributed by atoms with Crippen LogP contribution in [0.2, 0.25) is 5.02 Å². The summed E-state index contributed by atoms with van der Waals surface area (Å²) in [5, 5.41) is 6.20. The van der Waals surface area contributed by atoms with E-state index in [9.17, 15) is 9.59 Å². The van der Waals surface area contributed by atoms with E-state index in [2.05, 4.69) is 23.5 Å². The number of amides is 1. The maximum absolute atomic E-state index is 13.1. The van der Waals surface area contributed by atoms with Crippen LogP contribution in [0, 0.1) is 0 Å². The second kappa shape index (κ2) is 9.62. The Morgan fingerprint density at radius 3 is 2.43 bits per heavy atom. The molecule has 0 spiro atoms. The molecule has 1 amide bonds. The Labute approximate surface area is 209 Å². The van der Waals surface area contributed by atoms with E-state index < -0.39 is 17.7 Å². The standard InChI is InChI=1S/C28H29ClN2O4/c1-6-34-26(32)25-21-14-20(19-13-9-11-17-10-7-8-12-18(17)19)22(29)15-23(21)31(5)24(25)16-30-27(33)35-28(2,3)4/h7-15H,6,16H2,1-5H3,(H,30,33). The van der Waals surface area contributed by atoms with Gasteiger partial charge in [-0.05, 0) is 56.2 Å². The van der Waals surface area contributed by atoms with Gasteiger partial charge in [0.05, 0.1) is 34.9 Å². The van der Waals surface area contributed by atoms with Crippen molar-refractivity contribution in [2.75, 3.05) is 6.61 Å². The average Bonchev–Trinajstić information content (AvgIpc) is 3.06. The van der Waals surface area contributed by atoms with Gasteiger partial charge in [-0.3, -0.25) is 0 Å². The average molecular weight is 493 g/mol. The van der Waals surface area contributed by atoms with Crippen LogP contribution in [0.15, 0.2) is 54.6 Å². The second-order valence-electron chi connectivity index (χ2n) is 9.33. The first-order chi connectivity index (χ1) is 16.6. The van der Waals surface area contributed by atoms with Gasteiger partial charge in [0.25, 0.3) is 0 Å². The van der Waals surface area contributed by atoms with Crippen LogP contribution in [0.3, 0.4) is 0 Å². The van der Waals surface area contributed by atoms with Crippen molar-refractivity contribution in [3.8, 4) is 11.1 Å². The molecule has 0 saturated heterocycles. The number of fused-ring (bicyclic) bond motifs is 2. The van der Waals surface area contributed by atoms with Crippen molar-refractivity contribution in [1.29, 1.82) is 0 Å². The molecule has 0 aliphatic rings. The lowest BCUT2D eigenvalue weighted by Gasteiger charge is -2.20. The minimum Gasteiger partial charge on any atom is -0.462 e. The lowest BCUT2D eigenvalue weighted by Crippen LogP contribution is -2.33. The number of esters is 1. The number of nitrogens with zero attached hydrogens (tertiary/aromatic N) is 1. The van der Waals surface area contributed by atoms with E-state index in [4.69, 9.17) is 21.1 Å². The zero-order valence-corrected chi connectivity index (χ0v) is 21.3. The number of aryl methyl sites for hydroxylation is 1. The Morgan fingerprint density at radius 2 is 1.71 bits per heavy atom. The number of aromatic nitrogens is 1. The highest BCUT2D eigenvalue weighted by Crippen LogP contribution is 2.38. The first-order valence-electron chi connectivity index (χ1n) is 11.5. The van der Waals surface area contributed by atoms with Gasteiger partial charge < -0.3 is 19.4 Å². The van der Waals surface area contributed by atoms with Crippen LogP contribution in [-0.2, 0) is 23.1 Å². The number of carbonyl (C=O) groups is 2. The van der Waals surface area contributed by atoms with Crippen molar-refractivity contribution in [3.63, 3.8) is 0 Å². The molecule has 0 aliphatic carbocycles. The molecule has 1 heterocycles. The number of carbonyl (C=O) groups excluding carboxylic acids is 2. The smallest absolute Gasteiger partial charge is 0.407 e. The molecule has 6 nitrogen and oxygen atoms in total. The predicted molar refractivity (Wildman–Crippen MR) is 140 cm³/mol. The SMILES string of the molecule is CCOC(=O)c1c(CNC(=O)OC(C)(C)C)n(C)c2cc(Cl)c(-c3cccc4ccccc34)cc12. The summed E-state index contributed by atoms with van der Waals surface area (Å²) in [6.07, 6.45) is -0.563. The first kappa shape index (κ1) is 24.6. The second-order valence-corrected chi connectivity index (χ2v) is 9.74. The summed E-state index contributed by atoms with van der Waals surface area (Å²) in [5.41, 5.74) is 2.94. The fourth-order valence-corrected chi connectivity index (χ4v) is 4.54. The molecule has 0 radical (unpaired) electrons. The van der Waals surface area contributed by atoms with Crippen LogP contribution in [0.1, 0.15) is 43.7 Å². The zero-order chi connectivity index (χ0) is 25.3. The maximum atomic E-state index is 13.1. The number of hydrogen-bond donors (Lipinski definition) is 1. The van der Waals surface area contributed by atoms with Crippen LogP contribution in [0.4, 0.5) is 4.79 Å². The summed E-state index contributed by atoms with van der Waals surface area (Å²) < 4.78 is 12.6. The molecule has 0 saturated carbocycles. The van der Waals surface area contributed by atoms with Gasteiger partial charge >= 0.3 is 12.1 Å². The Balaban J connectivity index is 1.87. The maximum Gasteiger partial charge on any atom is 0.407 e. The summed E-state index contributed by atoms with van der Waals surface area (Å²) in [5.74, 6) is -0.453. The largest absolute Gasteiger partial charge is 0.462 e. The van der Waals surface area contributed by atoms with Gasteiger partial charge in [-0.2, -0.15) is 0 Å². The highest BCUT2D eigenvalue weighted by Gasteiger charge is 2.25. The van der Waals surface area contributed by atoms with Crippen molar-refractivity contribution in [2.45, 2.75) is 39.8 Å². The highest BCUT2D eigenvalue weighted by molar-refractivity contribution is 6.35. The first-order valence-corrected chi connectivity index (χ1v) is 11.9. The van der Waals surface area contributed by atoms with E-state index in [-0.39, 0.29) is 13.2 Å². The minimum atomic E-state index is -0.631. The Morgan fingerprint density at radius 1 is 1.00 bits per heavy atom. The lowest BCUT2D eigenvalue weighted by atomic mass is 9.96. The third-order valence-corrected chi connectivity index (χ3v) is 6.08. The molecule has 0 fully saturated rings. The van der Waals surface area contributed by atoms with E-state index in [1.807, 2.05) is 48.0 Å². The van der Waals surface area contributed by atoms with Gasteiger partial charge in [0.1, 0.15) is 5.60 Å². The molecule has 3 aromatic carbocycles. The molecule has 7 heteroatoms. The van der Waals surface area contributed by atoms with Gasteiger partial charge in [-0.1, -0.05) is 54.1 Å². The summed E-state index contributed by atoms with van der Waals surface area (Å²) in [6, 6.07) is 18.0. The number of alkyl carbamates (subject to hydrolysis) is 1. The quantitative estimate of drug-likeness (QED) is 0.309. The van der Waals surface area contributed by atoms with Gasteiger partial charge in [-0.25, -0.2) is 9.59 Å². The molecule has 0 bridgehead atoms. The number of rotatable bonds is 5. The lowest BCUT2D eigenvalue weighted by molar-refractivity contribution is 0.0502. The molecule has 0 atom stereocenters. The third-order valence-electron chi connectivity index (χ3n) is 5.77. The van der Waals surface area contributed by atoms with Crippen LogP contribution < -0.4 is 5.32 Å². The van der Waals surface area contributed by atoms with Crippen molar-refractivity contribution in [1.82, 2.24) is 9.88 Å². The monoisotopic (exact) mass is 492 g/mol. The molecule has 182 valence electrons. The third kappa shape index (κ3) is 4.98. The Kier molecular flexibility index (Phi) is 6.77. The van der Waals surface area contributed by atoms with Crippen LogP contribution >= 0.6 is 11.6 Å². The van der Waals surface area contributed by atoms with Gasteiger partial charge in [0.2, 0.25) is 0 Å². The minimum absolute atomic E-state index is 0.0927. The Hall–Kier alpha value is -3.51. The van der Waals surface area contributed by atoms with Crippen LogP contribution in [0.25, 0.3) is 32.8 Å². The fraction of sp³-hybridized carbons (Fsp3) is 0.286. The zero-order valence-electron chi connectivity index (χ0n) is 20.6. The molecule has 1 aromatic heterocycles. The molecular formula is C28H29ClN2O4. The molecule has 4 rings (SSSR count). The molecule has 35 heavy (non-hydrogen) atoms. The van der Waals surface area contributed by atoms with Gasteiger partial charge in [-0.15, -0.1) is 0 Å². The Bertz CT molecular complexity index is 1430. The number of ether oxygens (including phenoxy) is 2. The van der Waals surface area contributed by atoms with Crippen molar-refractivity contribution in [3.05, 3.63) is 70.9 Å². The van der Waals surface area contributed by atoms with E-state index in [0.717, 1.165) is 27.4 Å². The molecule has 4 aromatic rings. The van der Waals surface area contributed by atoms with Gasteiger partial charge in [0, 0.05) is 18.0 Å². The molecular weight excluding hydrogens is 464 g/mol. The van der Waals surface area contributed by atoms with E-state index >= 15 is 0 Å². The van der Waals surface area contributed by atoms with Crippen LogP contribution in [0.5, 0.6) is 0 Å². The summed E-state index contributed by atoms with van der Waals surface area (Å²) in [7, 11) is 1.84. The molecule has 0 unspecified atom stereocenters. The van der Waals surface area contributed by atoms with Gasteiger partial charge in [0.15, 0.2) is 0 Å². The van der Waals surface area contributed by atoms with E-state index in [1.54, 1.807) is 27.7 Å². The molecule has 0 aliphatic heterocycles. The van der Waals surface area contributed by atoms with E-state index in [1.165, 1.54) is 0 Å².